The van der Waals surface area contributed by atoms with Crippen molar-refractivity contribution >= 4 is 6.29 Å². The fourth-order valence-electron chi connectivity index (χ4n) is 9.39. The van der Waals surface area contributed by atoms with Crippen LogP contribution in [-0.4, -0.2) is 39.9 Å². The van der Waals surface area contributed by atoms with Gasteiger partial charge < -0.3 is 20.1 Å². The van der Waals surface area contributed by atoms with Crippen molar-refractivity contribution < 1.29 is 20.1 Å². The maximum absolute atomic E-state index is 11.6. The number of fused-ring (bicyclic) bond motifs is 5. The Morgan fingerprint density at radius 2 is 1.70 bits per heavy atom. The van der Waals surface area contributed by atoms with Crippen molar-refractivity contribution in [2.45, 2.75) is 97.9 Å². The van der Waals surface area contributed by atoms with E-state index < -0.39 is 0 Å². The van der Waals surface area contributed by atoms with E-state index in [1.54, 1.807) is 0 Å². The predicted octanol–water partition coefficient (Wildman–Crippen LogP) is 4.06. The summed E-state index contributed by atoms with van der Waals surface area (Å²) >= 11 is 0. The van der Waals surface area contributed by atoms with Crippen LogP contribution in [-0.2, 0) is 4.79 Å². The molecular formula is C26H44O4. The number of carbonyl (C=O) groups excluding carboxylic acids is 1. The van der Waals surface area contributed by atoms with E-state index >= 15 is 0 Å². The molecule has 4 heteroatoms. The SMILES string of the molecule is CC(C=O)C[C@@H](C)[C@H]1CCC2C3C(C[C@H](O)[C@@]21C)[C@@]1(C)CC[C@@H](O)CC1[C@@H](C)[C@H]3O. The highest BCUT2D eigenvalue weighted by molar-refractivity contribution is 5.52. The average molecular weight is 421 g/mol. The van der Waals surface area contributed by atoms with Crippen molar-refractivity contribution in [3.05, 3.63) is 0 Å². The summed E-state index contributed by atoms with van der Waals surface area (Å²) in [6.45, 7) is 11.1. The van der Waals surface area contributed by atoms with Gasteiger partial charge in [0.25, 0.3) is 0 Å². The van der Waals surface area contributed by atoms with Gasteiger partial charge in [-0.15, -0.1) is 0 Å². The summed E-state index contributed by atoms with van der Waals surface area (Å²) in [5, 5.41) is 33.5. The van der Waals surface area contributed by atoms with Crippen molar-refractivity contribution in [1.82, 2.24) is 0 Å². The molecule has 0 aliphatic heterocycles. The third kappa shape index (κ3) is 3.15. The van der Waals surface area contributed by atoms with Crippen LogP contribution in [0.4, 0.5) is 0 Å². The summed E-state index contributed by atoms with van der Waals surface area (Å²) in [5.74, 6) is 2.30. The van der Waals surface area contributed by atoms with Crippen molar-refractivity contribution in [3.63, 3.8) is 0 Å². The van der Waals surface area contributed by atoms with Gasteiger partial charge in [-0.3, -0.25) is 0 Å². The van der Waals surface area contributed by atoms with Crippen LogP contribution in [0.15, 0.2) is 0 Å². The van der Waals surface area contributed by atoms with Gasteiger partial charge in [-0.05, 0) is 97.2 Å². The summed E-state index contributed by atoms with van der Waals surface area (Å²) in [7, 11) is 0. The molecule has 4 nitrogen and oxygen atoms in total. The third-order valence-electron chi connectivity index (χ3n) is 11.0. The smallest absolute Gasteiger partial charge is 0.122 e. The predicted molar refractivity (Wildman–Crippen MR) is 118 cm³/mol. The molecule has 4 aliphatic carbocycles. The number of aliphatic hydroxyl groups excluding tert-OH is 3. The number of carbonyl (C=O) groups is 1. The van der Waals surface area contributed by atoms with Gasteiger partial charge in [-0.1, -0.05) is 34.6 Å². The Balaban J connectivity index is 1.66. The lowest BCUT2D eigenvalue weighted by Gasteiger charge is -2.65. The maximum Gasteiger partial charge on any atom is 0.122 e. The van der Waals surface area contributed by atoms with Crippen molar-refractivity contribution in [1.29, 1.82) is 0 Å². The second kappa shape index (κ2) is 7.85. The zero-order valence-electron chi connectivity index (χ0n) is 19.6. The Bertz CT molecular complexity index is 651. The molecule has 0 aromatic rings. The molecule has 172 valence electrons. The highest BCUT2D eigenvalue weighted by atomic mass is 16.3. The van der Waals surface area contributed by atoms with Gasteiger partial charge in [0.1, 0.15) is 6.29 Å². The fourth-order valence-corrected chi connectivity index (χ4v) is 9.39. The van der Waals surface area contributed by atoms with Crippen LogP contribution in [0.1, 0.15) is 79.6 Å². The molecule has 4 saturated carbocycles. The number of rotatable bonds is 4. The molecule has 4 aliphatic rings. The topological polar surface area (TPSA) is 77.8 Å². The molecule has 0 spiro atoms. The number of hydrogen-bond donors (Lipinski definition) is 3. The van der Waals surface area contributed by atoms with E-state index in [0.717, 1.165) is 51.2 Å². The van der Waals surface area contributed by atoms with Crippen molar-refractivity contribution in [2.75, 3.05) is 0 Å². The second-order valence-corrected chi connectivity index (χ2v) is 12.3. The Labute approximate surface area is 182 Å². The number of aliphatic hydroxyl groups is 3. The first-order valence-electron chi connectivity index (χ1n) is 12.5. The number of aldehydes is 1. The van der Waals surface area contributed by atoms with Crippen LogP contribution >= 0.6 is 0 Å². The molecule has 0 aromatic heterocycles. The second-order valence-electron chi connectivity index (χ2n) is 12.3. The van der Waals surface area contributed by atoms with E-state index in [4.69, 9.17) is 0 Å². The summed E-state index contributed by atoms with van der Waals surface area (Å²) in [4.78, 5) is 11.2. The first kappa shape index (κ1) is 22.7. The summed E-state index contributed by atoms with van der Waals surface area (Å²) < 4.78 is 0. The summed E-state index contributed by atoms with van der Waals surface area (Å²) in [6.07, 6.45) is 6.58. The lowest BCUT2D eigenvalue weighted by Crippen LogP contribution is -2.64. The number of hydrogen-bond acceptors (Lipinski definition) is 4. The minimum atomic E-state index is -0.352. The minimum absolute atomic E-state index is 0.0600. The van der Waals surface area contributed by atoms with E-state index in [0.29, 0.717) is 29.6 Å². The Morgan fingerprint density at radius 3 is 2.37 bits per heavy atom. The minimum Gasteiger partial charge on any atom is -0.393 e. The van der Waals surface area contributed by atoms with E-state index in [2.05, 4.69) is 27.7 Å². The van der Waals surface area contributed by atoms with Crippen LogP contribution in [0.2, 0.25) is 0 Å². The van der Waals surface area contributed by atoms with Gasteiger partial charge in [0.15, 0.2) is 0 Å². The molecule has 0 radical (unpaired) electrons. The van der Waals surface area contributed by atoms with Crippen molar-refractivity contribution in [2.24, 2.45) is 58.2 Å². The quantitative estimate of drug-likeness (QED) is 0.600. The van der Waals surface area contributed by atoms with Gasteiger partial charge in [-0.2, -0.15) is 0 Å². The standard InChI is InChI=1S/C26H44O4/c1-14(13-27)10-15(2)18-6-7-19-23-21(12-22(29)26(18,19)5)25(4)9-8-17(28)11-20(25)16(3)24(23)30/h13-24,28-30H,6-12H2,1-5H3/t14?,15-,16-,17-,18-,19?,20?,21?,22+,23?,24-,25+,26-/m1/s1. The van der Waals surface area contributed by atoms with Gasteiger partial charge in [0, 0.05) is 5.92 Å². The molecule has 30 heavy (non-hydrogen) atoms. The Morgan fingerprint density at radius 1 is 1.00 bits per heavy atom. The van der Waals surface area contributed by atoms with Crippen LogP contribution in [0, 0.1) is 58.2 Å². The lowest BCUT2D eigenvalue weighted by atomic mass is 9.41. The van der Waals surface area contributed by atoms with E-state index in [9.17, 15) is 20.1 Å². The van der Waals surface area contributed by atoms with Crippen LogP contribution in [0.3, 0.4) is 0 Å². The molecule has 4 rings (SSSR count). The highest BCUT2D eigenvalue weighted by Gasteiger charge is 2.67. The summed E-state index contributed by atoms with van der Waals surface area (Å²) in [6, 6.07) is 0. The van der Waals surface area contributed by atoms with Gasteiger partial charge in [-0.25, -0.2) is 0 Å². The van der Waals surface area contributed by atoms with Gasteiger partial charge in [0.05, 0.1) is 18.3 Å². The van der Waals surface area contributed by atoms with E-state index in [-0.39, 0.29) is 46.9 Å². The Hall–Kier alpha value is -0.450. The van der Waals surface area contributed by atoms with Crippen molar-refractivity contribution in [3.8, 4) is 0 Å². The zero-order chi connectivity index (χ0) is 22.0. The van der Waals surface area contributed by atoms with Gasteiger partial charge in [0.2, 0.25) is 0 Å². The maximum atomic E-state index is 11.6. The van der Waals surface area contributed by atoms with Crippen LogP contribution < -0.4 is 0 Å². The monoisotopic (exact) mass is 420 g/mol. The van der Waals surface area contributed by atoms with Crippen LogP contribution in [0.5, 0.6) is 0 Å². The summed E-state index contributed by atoms with van der Waals surface area (Å²) in [5.41, 5.74) is -0.0815. The highest BCUT2D eigenvalue weighted by Crippen LogP contribution is 2.69. The molecule has 0 bridgehead atoms. The first-order chi connectivity index (χ1) is 14.1. The molecule has 0 aromatic carbocycles. The fraction of sp³-hybridized carbons (Fsp3) is 0.962. The molecule has 13 atom stereocenters. The molecule has 0 saturated heterocycles. The molecule has 0 amide bonds. The molecule has 5 unspecified atom stereocenters. The lowest BCUT2D eigenvalue weighted by molar-refractivity contribution is -0.225. The molecular weight excluding hydrogens is 376 g/mol. The normalized spacial score (nSPS) is 55.1. The van der Waals surface area contributed by atoms with Gasteiger partial charge >= 0.3 is 0 Å². The zero-order valence-corrected chi connectivity index (χ0v) is 19.6. The van der Waals surface area contributed by atoms with E-state index in [1.807, 2.05) is 6.92 Å². The van der Waals surface area contributed by atoms with E-state index in [1.165, 1.54) is 0 Å². The Kier molecular flexibility index (Phi) is 5.95. The largest absolute Gasteiger partial charge is 0.393 e. The average Bonchev–Trinajstić information content (AvgIpc) is 3.06. The molecule has 0 heterocycles. The molecule has 3 N–H and O–H groups in total. The third-order valence-corrected chi connectivity index (χ3v) is 11.0. The molecule has 4 fully saturated rings. The van der Waals surface area contributed by atoms with Crippen LogP contribution in [0.25, 0.3) is 0 Å². The first-order valence-corrected chi connectivity index (χ1v) is 12.5.